The van der Waals surface area contributed by atoms with Crippen LogP contribution in [-0.2, 0) is 14.8 Å². The van der Waals surface area contributed by atoms with Gasteiger partial charge in [0.25, 0.3) is 15.9 Å². The van der Waals surface area contributed by atoms with Crippen LogP contribution in [-0.4, -0.2) is 19.5 Å². The van der Waals surface area contributed by atoms with E-state index in [1.807, 2.05) is 6.07 Å². The molecule has 1 unspecified atom stereocenters. The summed E-state index contributed by atoms with van der Waals surface area (Å²) in [4.78, 5) is 12.2. The van der Waals surface area contributed by atoms with E-state index in [4.69, 9.17) is 16.8 Å². The molecule has 0 saturated heterocycles. The van der Waals surface area contributed by atoms with Crippen molar-refractivity contribution in [1.29, 1.82) is 0 Å². The van der Waals surface area contributed by atoms with Gasteiger partial charge in [-0.15, -0.1) is 11.3 Å². The van der Waals surface area contributed by atoms with E-state index < -0.39 is 21.8 Å². The number of carbonyl (C=O) groups excluding carboxylic acids is 1. The molecule has 27 heavy (non-hydrogen) atoms. The maximum absolute atomic E-state index is 12.5. The zero-order chi connectivity index (χ0) is 19.4. The summed E-state index contributed by atoms with van der Waals surface area (Å²) in [5.74, 6) is -1.41. The quantitative estimate of drug-likeness (QED) is 0.415. The van der Waals surface area contributed by atoms with Crippen LogP contribution in [0.2, 0.25) is 4.34 Å². The lowest BCUT2D eigenvalue weighted by Gasteiger charge is -2.17. The Hall–Kier alpha value is -2.39. The Kier molecular flexibility index (Phi) is 5.81. The largest absolute Gasteiger partial charge is 0.289 e. The van der Waals surface area contributed by atoms with Gasteiger partial charge < -0.3 is 0 Å². The van der Waals surface area contributed by atoms with Crippen LogP contribution in [0.5, 0.6) is 0 Å². The van der Waals surface area contributed by atoms with Gasteiger partial charge in [0.2, 0.25) is 0 Å². The number of hydrogen-bond donors (Lipinski definition) is 3. The molecule has 2 aromatic carbocycles. The topological polar surface area (TPSA) is 95.5 Å². The van der Waals surface area contributed by atoms with Gasteiger partial charge in [0.15, 0.2) is 0 Å². The minimum atomic E-state index is -3.79. The van der Waals surface area contributed by atoms with Crippen LogP contribution in [0, 0.1) is 0 Å². The van der Waals surface area contributed by atoms with Crippen molar-refractivity contribution in [3.63, 3.8) is 0 Å². The molecular weight excluding hydrogens is 408 g/mol. The molecule has 1 amide bonds. The molecule has 9 heteroatoms. The molecule has 0 fully saturated rings. The van der Waals surface area contributed by atoms with E-state index in [9.17, 15) is 13.2 Å². The van der Waals surface area contributed by atoms with Crippen molar-refractivity contribution in [2.75, 3.05) is 4.72 Å². The second-order valence-electron chi connectivity index (χ2n) is 5.61. The first-order valence-corrected chi connectivity index (χ1v) is 10.5. The van der Waals surface area contributed by atoms with E-state index in [-0.39, 0.29) is 4.21 Å². The predicted octanol–water partition coefficient (Wildman–Crippen LogP) is 3.84. The lowest BCUT2D eigenvalue weighted by molar-refractivity contribution is -0.129. The molecule has 1 heterocycles. The SMILES string of the molecule is O=C(NO)C(c1ccccc1)c1cccc(NS(=O)(=O)c2ccc(Cl)s2)c1. The molecule has 6 nitrogen and oxygen atoms in total. The van der Waals surface area contributed by atoms with Gasteiger partial charge in [0.05, 0.1) is 10.3 Å². The van der Waals surface area contributed by atoms with Crippen molar-refractivity contribution >= 4 is 44.6 Å². The number of benzene rings is 2. The Balaban J connectivity index is 1.95. The van der Waals surface area contributed by atoms with Crippen molar-refractivity contribution < 1.29 is 18.4 Å². The van der Waals surface area contributed by atoms with Crippen LogP contribution in [0.1, 0.15) is 17.0 Å². The summed E-state index contributed by atoms with van der Waals surface area (Å²) >= 11 is 6.76. The fraction of sp³-hybridized carbons (Fsp3) is 0.0556. The zero-order valence-electron chi connectivity index (χ0n) is 13.8. The first-order valence-electron chi connectivity index (χ1n) is 7.78. The van der Waals surface area contributed by atoms with Crippen molar-refractivity contribution in [3.05, 3.63) is 82.2 Å². The van der Waals surface area contributed by atoms with E-state index in [0.29, 0.717) is 21.2 Å². The molecule has 0 spiro atoms. The zero-order valence-corrected chi connectivity index (χ0v) is 16.2. The number of thiophene rings is 1. The lowest BCUT2D eigenvalue weighted by atomic mass is 9.90. The van der Waals surface area contributed by atoms with E-state index in [1.165, 1.54) is 12.1 Å². The highest BCUT2D eigenvalue weighted by Crippen LogP contribution is 2.30. The highest BCUT2D eigenvalue weighted by molar-refractivity contribution is 7.94. The number of carbonyl (C=O) groups is 1. The number of hydrogen-bond acceptors (Lipinski definition) is 5. The Labute approximate surface area is 165 Å². The second kappa shape index (κ2) is 8.10. The molecule has 3 rings (SSSR count). The summed E-state index contributed by atoms with van der Waals surface area (Å²) in [7, 11) is -3.79. The van der Waals surface area contributed by atoms with E-state index in [2.05, 4.69) is 4.72 Å². The van der Waals surface area contributed by atoms with Crippen LogP contribution >= 0.6 is 22.9 Å². The van der Waals surface area contributed by atoms with Gasteiger partial charge >= 0.3 is 0 Å². The lowest BCUT2D eigenvalue weighted by Crippen LogP contribution is -2.27. The summed E-state index contributed by atoms with van der Waals surface area (Å²) in [5, 5.41) is 9.11. The Morgan fingerprint density at radius 1 is 1.00 bits per heavy atom. The number of amides is 1. The molecule has 1 atom stereocenters. The molecule has 0 aliphatic rings. The number of halogens is 1. The fourth-order valence-corrected chi connectivity index (χ4v) is 5.17. The first-order chi connectivity index (χ1) is 12.9. The van der Waals surface area contributed by atoms with Crippen LogP contribution in [0.15, 0.2) is 70.9 Å². The van der Waals surface area contributed by atoms with Gasteiger partial charge in [0, 0.05) is 5.69 Å². The predicted molar refractivity (Wildman–Crippen MR) is 105 cm³/mol. The third-order valence-electron chi connectivity index (χ3n) is 3.79. The summed E-state index contributed by atoms with van der Waals surface area (Å²) in [6.45, 7) is 0. The van der Waals surface area contributed by atoms with Crippen LogP contribution in [0.4, 0.5) is 5.69 Å². The molecule has 0 aliphatic heterocycles. The maximum atomic E-state index is 12.5. The number of nitrogens with one attached hydrogen (secondary N) is 2. The second-order valence-corrected chi connectivity index (χ2v) is 9.23. The van der Waals surface area contributed by atoms with Gasteiger partial charge in [-0.25, -0.2) is 13.9 Å². The van der Waals surface area contributed by atoms with Gasteiger partial charge in [0.1, 0.15) is 4.21 Å². The third kappa shape index (κ3) is 4.48. The summed E-state index contributed by atoms with van der Waals surface area (Å²) in [6, 6.07) is 18.3. The van der Waals surface area contributed by atoms with Crippen molar-refractivity contribution in [2.45, 2.75) is 10.1 Å². The smallest absolute Gasteiger partial charge is 0.271 e. The van der Waals surface area contributed by atoms with E-state index >= 15 is 0 Å². The Bertz CT molecular complexity index is 1050. The molecule has 3 aromatic rings. The minimum absolute atomic E-state index is 0.0885. The molecule has 0 aliphatic carbocycles. The highest BCUT2D eigenvalue weighted by atomic mass is 35.5. The standard InChI is InChI=1S/C18H15ClN2O4S2/c19-15-9-10-16(26-15)27(24,25)21-14-8-4-7-13(11-14)17(18(22)20-23)12-5-2-1-3-6-12/h1-11,17,21,23H,(H,20,22). The number of rotatable bonds is 6. The number of hydroxylamine groups is 1. The normalized spacial score (nSPS) is 12.4. The van der Waals surface area contributed by atoms with Crippen molar-refractivity contribution in [2.24, 2.45) is 0 Å². The Morgan fingerprint density at radius 3 is 2.33 bits per heavy atom. The van der Waals surface area contributed by atoms with Gasteiger partial charge in [-0.05, 0) is 35.4 Å². The van der Waals surface area contributed by atoms with Crippen LogP contribution < -0.4 is 10.2 Å². The van der Waals surface area contributed by atoms with Gasteiger partial charge in [-0.2, -0.15) is 0 Å². The molecule has 0 bridgehead atoms. The van der Waals surface area contributed by atoms with Gasteiger partial charge in [-0.1, -0.05) is 54.1 Å². The number of sulfonamides is 1. The third-order valence-corrected chi connectivity index (χ3v) is 6.90. The van der Waals surface area contributed by atoms with Crippen LogP contribution in [0.3, 0.4) is 0 Å². The number of anilines is 1. The van der Waals surface area contributed by atoms with Crippen LogP contribution in [0.25, 0.3) is 0 Å². The average Bonchev–Trinajstić information content (AvgIpc) is 3.10. The van der Waals surface area contributed by atoms with Crippen molar-refractivity contribution in [3.8, 4) is 0 Å². The average molecular weight is 423 g/mol. The molecule has 0 saturated carbocycles. The summed E-state index contributed by atoms with van der Waals surface area (Å²) in [5.41, 5.74) is 3.15. The van der Waals surface area contributed by atoms with Crippen molar-refractivity contribution in [1.82, 2.24) is 5.48 Å². The summed E-state index contributed by atoms with van der Waals surface area (Å²) in [6.07, 6.45) is 0. The monoisotopic (exact) mass is 422 g/mol. The summed E-state index contributed by atoms with van der Waals surface area (Å²) < 4.78 is 27.9. The Morgan fingerprint density at radius 2 is 1.70 bits per heavy atom. The molecule has 0 radical (unpaired) electrons. The molecule has 1 aromatic heterocycles. The van der Waals surface area contributed by atoms with Gasteiger partial charge in [-0.3, -0.25) is 14.7 Å². The molecular formula is C18H15ClN2O4S2. The first kappa shape index (κ1) is 19.4. The highest BCUT2D eigenvalue weighted by Gasteiger charge is 2.23. The van der Waals surface area contributed by atoms with E-state index in [0.717, 1.165) is 11.3 Å². The maximum Gasteiger partial charge on any atom is 0.271 e. The fourth-order valence-electron chi connectivity index (χ4n) is 2.63. The molecule has 3 N–H and O–H groups in total. The minimum Gasteiger partial charge on any atom is -0.289 e. The molecule has 140 valence electrons. The van der Waals surface area contributed by atoms with E-state index in [1.54, 1.807) is 54.0 Å².